The lowest BCUT2D eigenvalue weighted by Crippen LogP contribution is -2.25. The molecule has 0 atom stereocenters. The molecule has 0 saturated heterocycles. The summed E-state index contributed by atoms with van der Waals surface area (Å²) in [4.78, 5) is 18.7. The quantitative estimate of drug-likeness (QED) is 0.271. The van der Waals surface area contributed by atoms with Gasteiger partial charge in [-0.05, 0) is 52.8 Å². The molecule has 0 fully saturated rings. The largest absolute Gasteiger partial charge is 0.280 e. The highest BCUT2D eigenvalue weighted by atomic mass is 32.1. The van der Waals surface area contributed by atoms with Crippen LogP contribution in [0.3, 0.4) is 0 Å². The van der Waals surface area contributed by atoms with Crippen LogP contribution in [0.15, 0.2) is 65.1 Å². The van der Waals surface area contributed by atoms with Crippen LogP contribution in [0.4, 0.5) is 9.52 Å². The average Bonchev–Trinajstić information content (AvgIpc) is 3.37. The normalized spacial score (nSPS) is 12.0. The van der Waals surface area contributed by atoms with Crippen molar-refractivity contribution in [3.8, 4) is 0 Å². The number of anilines is 1. The molecular formula is C23H20FN3OS2. The molecular weight excluding hydrogens is 417 g/mol. The van der Waals surface area contributed by atoms with E-state index in [4.69, 9.17) is 0 Å². The second-order valence-electron chi connectivity index (χ2n) is 7.81. The first kappa shape index (κ1) is 20.4. The van der Waals surface area contributed by atoms with Gasteiger partial charge in [0.25, 0.3) is 5.91 Å². The summed E-state index contributed by atoms with van der Waals surface area (Å²) in [5.41, 5.74) is 2.28. The number of benzene rings is 2. The number of nitrogens with zero attached hydrogens (tertiary/aromatic N) is 3. The van der Waals surface area contributed by atoms with Crippen LogP contribution >= 0.6 is 22.7 Å². The highest BCUT2D eigenvalue weighted by Gasteiger charge is 2.22. The van der Waals surface area contributed by atoms with Crippen LogP contribution in [-0.2, 0) is 5.41 Å². The standard InChI is InChI=1S/C23H20FN3OS2/c1-23(2,3)16-8-6-15(7-9-16)21(28)27(25-14-18-5-4-12-29-18)22-26-19-11-10-17(24)13-20(19)30-22/h4-14H,1-3H3/b25-14+. The van der Waals surface area contributed by atoms with E-state index in [0.717, 1.165) is 10.4 Å². The summed E-state index contributed by atoms with van der Waals surface area (Å²) < 4.78 is 14.3. The minimum absolute atomic E-state index is 0.00427. The first-order chi connectivity index (χ1) is 14.3. The van der Waals surface area contributed by atoms with Gasteiger partial charge >= 0.3 is 0 Å². The Kier molecular flexibility index (Phi) is 5.49. The van der Waals surface area contributed by atoms with Crippen LogP contribution in [0.2, 0.25) is 0 Å². The monoisotopic (exact) mass is 437 g/mol. The van der Waals surface area contributed by atoms with Crippen LogP contribution < -0.4 is 5.01 Å². The van der Waals surface area contributed by atoms with E-state index in [0.29, 0.717) is 20.9 Å². The number of thiazole rings is 1. The van der Waals surface area contributed by atoms with Gasteiger partial charge in [-0.2, -0.15) is 10.1 Å². The van der Waals surface area contributed by atoms with E-state index in [-0.39, 0.29) is 17.1 Å². The third-order valence-corrected chi connectivity index (χ3v) is 6.35. The van der Waals surface area contributed by atoms with E-state index >= 15 is 0 Å². The third kappa shape index (κ3) is 4.32. The van der Waals surface area contributed by atoms with Gasteiger partial charge in [0.05, 0.1) is 16.4 Å². The number of aromatic nitrogens is 1. The predicted octanol–water partition coefficient (Wildman–Crippen LogP) is 6.48. The minimum atomic E-state index is -0.338. The lowest BCUT2D eigenvalue weighted by atomic mass is 9.87. The maximum Gasteiger partial charge on any atom is 0.280 e. The van der Waals surface area contributed by atoms with Gasteiger partial charge in [-0.3, -0.25) is 4.79 Å². The van der Waals surface area contributed by atoms with Crippen molar-refractivity contribution < 1.29 is 9.18 Å². The summed E-state index contributed by atoms with van der Waals surface area (Å²) in [5, 5.41) is 8.05. The molecule has 2 aromatic heterocycles. The summed E-state index contributed by atoms with van der Waals surface area (Å²) in [5.74, 6) is -0.627. The molecule has 2 heterocycles. The molecule has 4 rings (SSSR count). The summed E-state index contributed by atoms with van der Waals surface area (Å²) in [7, 11) is 0. The molecule has 0 bridgehead atoms. The molecule has 0 aliphatic carbocycles. The number of thiophene rings is 1. The van der Waals surface area contributed by atoms with E-state index in [1.54, 1.807) is 12.3 Å². The zero-order chi connectivity index (χ0) is 21.3. The Bertz CT molecular complexity index is 1210. The van der Waals surface area contributed by atoms with Crippen LogP contribution in [-0.4, -0.2) is 17.1 Å². The van der Waals surface area contributed by atoms with E-state index in [2.05, 4.69) is 30.9 Å². The van der Waals surface area contributed by atoms with E-state index < -0.39 is 0 Å². The van der Waals surface area contributed by atoms with Gasteiger partial charge in [0.15, 0.2) is 0 Å². The van der Waals surface area contributed by atoms with Crippen LogP contribution in [0.1, 0.15) is 41.6 Å². The molecule has 0 aliphatic heterocycles. The molecule has 30 heavy (non-hydrogen) atoms. The number of halogens is 1. The number of hydrogen-bond acceptors (Lipinski definition) is 5. The molecule has 0 N–H and O–H groups in total. The zero-order valence-corrected chi connectivity index (χ0v) is 18.4. The van der Waals surface area contributed by atoms with Crippen LogP contribution in [0, 0.1) is 5.82 Å². The summed E-state index contributed by atoms with van der Waals surface area (Å²) in [6, 6.07) is 15.8. The van der Waals surface area contributed by atoms with E-state index in [1.807, 2.05) is 41.8 Å². The Balaban J connectivity index is 1.73. The topological polar surface area (TPSA) is 45.6 Å². The van der Waals surface area contributed by atoms with Crippen molar-refractivity contribution in [3.63, 3.8) is 0 Å². The lowest BCUT2D eigenvalue weighted by Gasteiger charge is -2.19. The molecule has 4 nitrogen and oxygen atoms in total. The van der Waals surface area contributed by atoms with Crippen molar-refractivity contribution in [2.24, 2.45) is 5.10 Å². The average molecular weight is 438 g/mol. The molecule has 0 spiro atoms. The zero-order valence-electron chi connectivity index (χ0n) is 16.8. The molecule has 2 aromatic carbocycles. The second-order valence-corrected chi connectivity index (χ2v) is 9.80. The van der Waals surface area contributed by atoms with Crippen molar-refractivity contribution in [2.75, 3.05) is 5.01 Å². The van der Waals surface area contributed by atoms with E-state index in [9.17, 15) is 9.18 Å². The molecule has 4 aromatic rings. The van der Waals surface area contributed by atoms with Crippen LogP contribution in [0.5, 0.6) is 0 Å². The number of amides is 1. The van der Waals surface area contributed by atoms with Crippen molar-refractivity contribution >= 4 is 50.1 Å². The SMILES string of the molecule is CC(C)(C)c1ccc(C(=O)N(/N=C/c2cccs2)c2nc3ccc(F)cc3s2)cc1. The highest BCUT2D eigenvalue weighted by molar-refractivity contribution is 7.22. The summed E-state index contributed by atoms with van der Waals surface area (Å²) in [6.07, 6.45) is 1.64. The summed E-state index contributed by atoms with van der Waals surface area (Å²) in [6.45, 7) is 6.38. The third-order valence-electron chi connectivity index (χ3n) is 4.55. The van der Waals surface area contributed by atoms with E-state index in [1.165, 1.54) is 39.8 Å². The van der Waals surface area contributed by atoms with Crippen molar-refractivity contribution in [3.05, 3.63) is 81.8 Å². The molecule has 0 unspecified atom stereocenters. The fourth-order valence-electron chi connectivity index (χ4n) is 2.88. The summed E-state index contributed by atoms with van der Waals surface area (Å²) >= 11 is 2.76. The fourth-order valence-corrected chi connectivity index (χ4v) is 4.41. The van der Waals surface area contributed by atoms with Gasteiger partial charge in [0, 0.05) is 10.4 Å². The second kappa shape index (κ2) is 8.08. The number of carbonyl (C=O) groups is 1. The molecule has 0 radical (unpaired) electrons. The smallest absolute Gasteiger partial charge is 0.267 e. The Morgan fingerprint density at radius 1 is 1.13 bits per heavy atom. The number of rotatable bonds is 4. The number of hydrazone groups is 1. The molecule has 0 saturated carbocycles. The van der Waals surface area contributed by atoms with Crippen LogP contribution in [0.25, 0.3) is 10.2 Å². The predicted molar refractivity (Wildman–Crippen MR) is 123 cm³/mol. The fraction of sp³-hybridized carbons (Fsp3) is 0.174. The molecule has 152 valence electrons. The highest BCUT2D eigenvalue weighted by Crippen LogP contribution is 2.31. The number of fused-ring (bicyclic) bond motifs is 1. The number of carbonyl (C=O) groups excluding carboxylic acids is 1. The number of hydrogen-bond donors (Lipinski definition) is 0. The molecule has 1 amide bonds. The first-order valence-corrected chi connectivity index (χ1v) is 11.1. The Hall–Kier alpha value is -2.90. The van der Waals surface area contributed by atoms with Crippen molar-refractivity contribution in [1.29, 1.82) is 0 Å². The van der Waals surface area contributed by atoms with Gasteiger partial charge in [-0.15, -0.1) is 11.3 Å². The van der Waals surface area contributed by atoms with Gasteiger partial charge < -0.3 is 0 Å². The van der Waals surface area contributed by atoms with Gasteiger partial charge in [0.1, 0.15) is 5.82 Å². The maximum atomic E-state index is 13.6. The van der Waals surface area contributed by atoms with Crippen molar-refractivity contribution in [2.45, 2.75) is 26.2 Å². The van der Waals surface area contributed by atoms with Gasteiger partial charge in [-0.1, -0.05) is 50.3 Å². The van der Waals surface area contributed by atoms with Gasteiger partial charge in [0.2, 0.25) is 5.13 Å². The van der Waals surface area contributed by atoms with Crippen molar-refractivity contribution in [1.82, 2.24) is 4.98 Å². The van der Waals surface area contributed by atoms with Gasteiger partial charge in [-0.25, -0.2) is 9.37 Å². The molecule has 0 aliphatic rings. The Morgan fingerprint density at radius 2 is 1.90 bits per heavy atom. The minimum Gasteiger partial charge on any atom is -0.267 e. The lowest BCUT2D eigenvalue weighted by molar-refractivity contribution is 0.0988. The maximum absolute atomic E-state index is 13.6. The Labute approximate surface area is 182 Å². The first-order valence-electron chi connectivity index (χ1n) is 9.40. The Morgan fingerprint density at radius 3 is 2.57 bits per heavy atom. The molecule has 7 heteroatoms.